The molecule has 0 aliphatic rings. The van der Waals surface area contributed by atoms with Crippen molar-refractivity contribution in [3.8, 4) is 5.75 Å². The summed E-state index contributed by atoms with van der Waals surface area (Å²) >= 11 is 0. The Morgan fingerprint density at radius 2 is 2.29 bits per heavy atom. The number of ether oxygens (including phenoxy) is 1. The number of aliphatic hydroxyl groups excluding tert-OH is 1. The smallest absolute Gasteiger partial charge is 0.143 e. The Bertz CT molecular complexity index is 291. The van der Waals surface area contributed by atoms with Gasteiger partial charge < -0.3 is 9.84 Å². The summed E-state index contributed by atoms with van der Waals surface area (Å²) in [5.74, 6) is 0.534. The van der Waals surface area contributed by atoms with Gasteiger partial charge in [-0.3, -0.25) is 9.37 Å². The summed E-state index contributed by atoms with van der Waals surface area (Å²) in [6, 6.07) is 3.54. The van der Waals surface area contributed by atoms with E-state index in [-0.39, 0.29) is 6.61 Å². The van der Waals surface area contributed by atoms with E-state index in [4.69, 9.17) is 9.84 Å². The van der Waals surface area contributed by atoms with Gasteiger partial charge in [0.15, 0.2) is 0 Å². The number of hydrogen-bond acceptors (Lipinski definition) is 3. The molecule has 0 saturated heterocycles. The maximum atomic E-state index is 11.8. The third kappa shape index (κ3) is 2.96. The number of aryl methyl sites for hydroxylation is 1. The normalized spacial score (nSPS) is 10.2. The third-order valence-corrected chi connectivity index (χ3v) is 1.76. The van der Waals surface area contributed by atoms with Crippen LogP contribution in [0.15, 0.2) is 12.1 Å². The van der Waals surface area contributed by atoms with Gasteiger partial charge in [-0.2, -0.15) is 0 Å². The van der Waals surface area contributed by atoms with Gasteiger partial charge in [0.25, 0.3) is 0 Å². The van der Waals surface area contributed by atoms with Gasteiger partial charge in [0.2, 0.25) is 0 Å². The summed E-state index contributed by atoms with van der Waals surface area (Å²) in [5, 5.41) is 8.98. The van der Waals surface area contributed by atoms with Gasteiger partial charge in [-0.1, -0.05) is 0 Å². The Morgan fingerprint density at radius 3 is 2.93 bits per heavy atom. The first-order chi connectivity index (χ1) is 6.77. The first-order valence-corrected chi connectivity index (χ1v) is 4.54. The molecule has 0 unspecified atom stereocenters. The lowest BCUT2D eigenvalue weighted by atomic mass is 10.3. The van der Waals surface area contributed by atoms with Crippen molar-refractivity contribution in [2.24, 2.45) is 0 Å². The van der Waals surface area contributed by atoms with Crippen molar-refractivity contribution in [1.82, 2.24) is 4.98 Å². The van der Waals surface area contributed by atoms with Crippen molar-refractivity contribution in [3.05, 3.63) is 23.5 Å². The average Bonchev–Trinajstić information content (AvgIpc) is 2.20. The molecule has 1 rings (SSSR count). The Kier molecular flexibility index (Phi) is 4.32. The first-order valence-electron chi connectivity index (χ1n) is 4.54. The Balaban J connectivity index is 2.65. The van der Waals surface area contributed by atoms with Crippen molar-refractivity contribution in [2.75, 3.05) is 13.3 Å². The van der Waals surface area contributed by atoms with Crippen molar-refractivity contribution < 1.29 is 14.2 Å². The molecule has 0 radical (unpaired) electrons. The van der Waals surface area contributed by atoms with E-state index in [1.807, 2.05) is 6.92 Å². The minimum Gasteiger partial charge on any atom is -0.491 e. The van der Waals surface area contributed by atoms with E-state index in [1.165, 1.54) is 0 Å². The fourth-order valence-corrected chi connectivity index (χ4v) is 1.08. The van der Waals surface area contributed by atoms with Crippen LogP contribution in [0.3, 0.4) is 0 Å². The van der Waals surface area contributed by atoms with E-state index in [9.17, 15) is 4.39 Å². The minimum atomic E-state index is -0.395. The molecule has 0 aromatic carbocycles. The van der Waals surface area contributed by atoms with Crippen LogP contribution in [0.4, 0.5) is 4.39 Å². The predicted molar refractivity (Wildman–Crippen MR) is 51.0 cm³/mol. The molecule has 1 heterocycles. The van der Waals surface area contributed by atoms with E-state index in [0.717, 1.165) is 5.69 Å². The highest BCUT2D eigenvalue weighted by Crippen LogP contribution is 2.16. The van der Waals surface area contributed by atoms with Crippen LogP contribution < -0.4 is 4.74 Å². The summed E-state index contributed by atoms with van der Waals surface area (Å²) in [4.78, 5) is 4.10. The van der Waals surface area contributed by atoms with E-state index < -0.39 is 6.67 Å². The minimum absolute atomic E-state index is 0.160. The van der Waals surface area contributed by atoms with Gasteiger partial charge in [0.05, 0.1) is 19.9 Å². The van der Waals surface area contributed by atoms with Crippen molar-refractivity contribution in [1.29, 1.82) is 0 Å². The number of alkyl halides is 1. The fraction of sp³-hybridized carbons (Fsp3) is 0.500. The van der Waals surface area contributed by atoms with Gasteiger partial charge >= 0.3 is 0 Å². The molecule has 1 N–H and O–H groups in total. The van der Waals surface area contributed by atoms with Crippen LogP contribution in [0.2, 0.25) is 0 Å². The van der Waals surface area contributed by atoms with Crippen LogP contribution in [-0.2, 0) is 6.61 Å². The molecule has 0 saturated carbocycles. The number of pyridine rings is 1. The summed E-state index contributed by atoms with van der Waals surface area (Å²) in [5.41, 5.74) is 1.33. The van der Waals surface area contributed by atoms with E-state index in [2.05, 4.69) is 4.98 Å². The zero-order valence-electron chi connectivity index (χ0n) is 8.16. The molecule has 14 heavy (non-hydrogen) atoms. The monoisotopic (exact) mass is 199 g/mol. The quantitative estimate of drug-likeness (QED) is 0.733. The number of halogens is 1. The SMILES string of the molecule is Cc1ccc(OCCCF)c(CO)n1. The number of aliphatic hydroxyl groups is 1. The molecule has 78 valence electrons. The van der Waals surface area contributed by atoms with E-state index in [0.29, 0.717) is 24.5 Å². The lowest BCUT2D eigenvalue weighted by molar-refractivity contribution is 0.250. The van der Waals surface area contributed by atoms with Crippen molar-refractivity contribution in [3.63, 3.8) is 0 Å². The van der Waals surface area contributed by atoms with Gasteiger partial charge in [-0.15, -0.1) is 0 Å². The summed E-state index contributed by atoms with van der Waals surface area (Å²) in [7, 11) is 0. The fourth-order valence-electron chi connectivity index (χ4n) is 1.08. The largest absolute Gasteiger partial charge is 0.491 e. The van der Waals surface area contributed by atoms with Crippen molar-refractivity contribution >= 4 is 0 Å². The van der Waals surface area contributed by atoms with Crippen molar-refractivity contribution in [2.45, 2.75) is 20.0 Å². The lowest BCUT2D eigenvalue weighted by Gasteiger charge is -2.08. The van der Waals surface area contributed by atoms with Crippen LogP contribution in [0.1, 0.15) is 17.8 Å². The van der Waals surface area contributed by atoms with Crippen LogP contribution in [-0.4, -0.2) is 23.4 Å². The van der Waals surface area contributed by atoms with E-state index >= 15 is 0 Å². The van der Waals surface area contributed by atoms with Gasteiger partial charge in [0.1, 0.15) is 11.4 Å². The second-order valence-electron chi connectivity index (χ2n) is 2.95. The Morgan fingerprint density at radius 1 is 1.50 bits per heavy atom. The van der Waals surface area contributed by atoms with Gasteiger partial charge in [-0.25, -0.2) is 0 Å². The summed E-state index contributed by atoms with van der Waals surface area (Å²) < 4.78 is 17.1. The Hall–Kier alpha value is -1.16. The van der Waals surface area contributed by atoms with Crippen LogP contribution >= 0.6 is 0 Å². The second-order valence-corrected chi connectivity index (χ2v) is 2.95. The molecule has 0 atom stereocenters. The zero-order valence-corrected chi connectivity index (χ0v) is 8.16. The number of hydrogen-bond donors (Lipinski definition) is 1. The molecule has 0 aliphatic heterocycles. The van der Waals surface area contributed by atoms with Crippen LogP contribution in [0.5, 0.6) is 5.75 Å². The highest BCUT2D eigenvalue weighted by molar-refractivity contribution is 5.28. The van der Waals surface area contributed by atoms with Gasteiger partial charge in [-0.05, 0) is 19.1 Å². The first kappa shape index (κ1) is 10.9. The standard InChI is InChI=1S/C10H14FNO2/c1-8-3-4-10(9(7-13)12-8)14-6-2-5-11/h3-4,13H,2,5-7H2,1H3. The number of rotatable bonds is 5. The highest BCUT2D eigenvalue weighted by Gasteiger charge is 2.04. The third-order valence-electron chi connectivity index (χ3n) is 1.76. The summed E-state index contributed by atoms with van der Waals surface area (Å²) in [6.45, 7) is 1.60. The van der Waals surface area contributed by atoms with E-state index in [1.54, 1.807) is 12.1 Å². The molecule has 4 heteroatoms. The molecule has 0 bridgehead atoms. The molecule has 0 fully saturated rings. The number of nitrogens with zero attached hydrogens (tertiary/aromatic N) is 1. The maximum Gasteiger partial charge on any atom is 0.143 e. The van der Waals surface area contributed by atoms with Gasteiger partial charge in [0, 0.05) is 12.1 Å². The van der Waals surface area contributed by atoms with Crippen LogP contribution in [0, 0.1) is 6.92 Å². The second kappa shape index (κ2) is 5.54. The lowest BCUT2D eigenvalue weighted by Crippen LogP contribution is -2.03. The maximum absolute atomic E-state index is 11.8. The molecule has 0 amide bonds. The molecule has 1 aromatic rings. The molecule has 1 aromatic heterocycles. The summed E-state index contributed by atoms with van der Waals surface area (Å²) in [6.07, 6.45) is 0.360. The topological polar surface area (TPSA) is 42.4 Å². The molecule has 3 nitrogen and oxygen atoms in total. The average molecular weight is 199 g/mol. The molecule has 0 aliphatic carbocycles. The molecular formula is C10H14FNO2. The number of aromatic nitrogens is 1. The highest BCUT2D eigenvalue weighted by atomic mass is 19.1. The Labute approximate surface area is 82.5 Å². The molecular weight excluding hydrogens is 185 g/mol. The predicted octanol–water partition coefficient (Wildman–Crippen LogP) is 1.62. The zero-order chi connectivity index (χ0) is 10.4. The van der Waals surface area contributed by atoms with Crippen LogP contribution in [0.25, 0.3) is 0 Å². The molecule has 0 spiro atoms.